The minimum absolute atomic E-state index is 0.139. The van der Waals surface area contributed by atoms with E-state index in [-0.39, 0.29) is 12.5 Å². The normalized spacial score (nSPS) is 17.4. The number of hydrogen-bond acceptors (Lipinski definition) is 6. The molecule has 1 N–H and O–H groups in total. The molecule has 8 heteroatoms. The van der Waals surface area contributed by atoms with E-state index in [2.05, 4.69) is 4.99 Å². The quantitative estimate of drug-likeness (QED) is 0.466. The summed E-state index contributed by atoms with van der Waals surface area (Å²) in [7, 11) is 0. The molecule has 2 aromatic carbocycles. The molecule has 31 heavy (non-hydrogen) atoms. The standard InChI is InChI=1S/C23H23ClN2O4S/c1-3-10-25-23-26(19-7-5-4-6-15(19)2)22(29)21(31-23)12-16-8-9-20(18(24)11-16)30-14-17(28)13-27/h4-9,11-13,17,28H,3,10,14H2,1-2H3/b21-12+,25-23?/t17-/m1/s1. The molecule has 3 rings (SSSR count). The fourth-order valence-corrected chi connectivity index (χ4v) is 4.15. The third-order valence-electron chi connectivity index (χ3n) is 4.45. The Bertz CT molecular complexity index is 1040. The molecule has 0 unspecified atom stereocenters. The van der Waals surface area contributed by atoms with Gasteiger partial charge in [0.25, 0.3) is 5.91 Å². The van der Waals surface area contributed by atoms with Gasteiger partial charge in [0.05, 0.1) is 15.6 Å². The Morgan fingerprint density at radius 2 is 2.06 bits per heavy atom. The van der Waals surface area contributed by atoms with Crippen LogP contribution in [0, 0.1) is 6.92 Å². The van der Waals surface area contributed by atoms with Crippen molar-refractivity contribution in [2.75, 3.05) is 18.1 Å². The molecule has 162 valence electrons. The lowest BCUT2D eigenvalue weighted by atomic mass is 10.1. The number of amides is 1. The summed E-state index contributed by atoms with van der Waals surface area (Å²) < 4.78 is 5.35. The maximum atomic E-state index is 13.2. The Labute approximate surface area is 190 Å². The van der Waals surface area contributed by atoms with Crippen LogP contribution in [0.3, 0.4) is 0 Å². The molecule has 1 fully saturated rings. The fraction of sp³-hybridized carbons (Fsp3) is 0.261. The first kappa shape index (κ1) is 23.1. The van der Waals surface area contributed by atoms with Gasteiger partial charge < -0.3 is 14.6 Å². The topological polar surface area (TPSA) is 79.2 Å². The largest absolute Gasteiger partial charge is 0.489 e. The van der Waals surface area contributed by atoms with Crippen LogP contribution in [0.25, 0.3) is 6.08 Å². The van der Waals surface area contributed by atoms with Gasteiger partial charge in [0, 0.05) is 6.54 Å². The molecule has 0 aliphatic carbocycles. The molecule has 1 amide bonds. The van der Waals surface area contributed by atoms with Crippen LogP contribution in [0.15, 0.2) is 52.4 Å². The first-order valence-corrected chi connectivity index (χ1v) is 11.0. The zero-order valence-corrected chi connectivity index (χ0v) is 18.8. The number of aliphatic hydroxyl groups excluding tert-OH is 1. The number of carbonyl (C=O) groups is 2. The zero-order valence-electron chi connectivity index (χ0n) is 17.2. The van der Waals surface area contributed by atoms with E-state index in [0.29, 0.717) is 33.7 Å². The zero-order chi connectivity index (χ0) is 22.4. The van der Waals surface area contributed by atoms with Gasteiger partial charge in [-0.1, -0.05) is 42.8 Å². The van der Waals surface area contributed by atoms with Crippen LogP contribution < -0.4 is 9.64 Å². The number of halogens is 1. The number of aryl methyl sites for hydroxylation is 1. The van der Waals surface area contributed by atoms with Crippen LogP contribution >= 0.6 is 23.4 Å². The lowest BCUT2D eigenvalue weighted by Gasteiger charge is -2.18. The number of aldehydes is 1. The number of thioether (sulfide) groups is 1. The van der Waals surface area contributed by atoms with Crippen molar-refractivity contribution in [3.8, 4) is 5.75 Å². The monoisotopic (exact) mass is 458 g/mol. The van der Waals surface area contributed by atoms with Crippen molar-refractivity contribution in [3.63, 3.8) is 0 Å². The van der Waals surface area contributed by atoms with Crippen molar-refractivity contribution in [2.24, 2.45) is 4.99 Å². The van der Waals surface area contributed by atoms with Gasteiger partial charge in [0.2, 0.25) is 0 Å². The van der Waals surface area contributed by atoms with Gasteiger partial charge in [-0.05, 0) is 60.5 Å². The average molecular weight is 459 g/mol. The van der Waals surface area contributed by atoms with E-state index in [1.807, 2.05) is 38.1 Å². The first-order chi connectivity index (χ1) is 14.9. The van der Waals surface area contributed by atoms with Gasteiger partial charge in [0.15, 0.2) is 11.5 Å². The molecule has 1 heterocycles. The number of amidine groups is 1. The first-order valence-electron chi connectivity index (χ1n) is 9.84. The van der Waals surface area contributed by atoms with E-state index < -0.39 is 6.10 Å². The third-order valence-corrected chi connectivity index (χ3v) is 5.76. The van der Waals surface area contributed by atoms with Crippen molar-refractivity contribution in [2.45, 2.75) is 26.4 Å². The number of rotatable bonds is 8. The number of aliphatic hydroxyl groups is 1. The molecule has 1 aliphatic rings. The lowest BCUT2D eigenvalue weighted by molar-refractivity contribution is -0.116. The predicted molar refractivity (Wildman–Crippen MR) is 126 cm³/mol. The van der Waals surface area contributed by atoms with Gasteiger partial charge in [-0.25, -0.2) is 0 Å². The van der Waals surface area contributed by atoms with E-state index in [4.69, 9.17) is 16.3 Å². The summed E-state index contributed by atoms with van der Waals surface area (Å²) in [5, 5.41) is 10.3. The highest BCUT2D eigenvalue weighted by Gasteiger charge is 2.35. The number of aliphatic imine (C=N–C) groups is 1. The van der Waals surface area contributed by atoms with Crippen molar-refractivity contribution in [1.82, 2.24) is 0 Å². The van der Waals surface area contributed by atoms with Crippen LogP contribution in [0.2, 0.25) is 5.02 Å². The number of hydrogen-bond donors (Lipinski definition) is 1. The highest BCUT2D eigenvalue weighted by Crippen LogP contribution is 2.38. The molecule has 0 bridgehead atoms. The van der Waals surface area contributed by atoms with E-state index in [1.165, 1.54) is 11.8 Å². The molecule has 0 radical (unpaired) electrons. The van der Waals surface area contributed by atoms with Gasteiger partial charge in [-0.2, -0.15) is 0 Å². The molecule has 6 nitrogen and oxygen atoms in total. The van der Waals surface area contributed by atoms with Crippen LogP contribution in [0.4, 0.5) is 5.69 Å². The van der Waals surface area contributed by atoms with E-state index in [1.54, 1.807) is 29.2 Å². The summed E-state index contributed by atoms with van der Waals surface area (Å²) in [6.07, 6.45) is 1.84. The summed E-state index contributed by atoms with van der Waals surface area (Å²) >= 11 is 7.60. The minimum atomic E-state index is -1.21. The molecule has 2 aromatic rings. The summed E-state index contributed by atoms with van der Waals surface area (Å²) in [5.41, 5.74) is 2.53. The van der Waals surface area contributed by atoms with E-state index >= 15 is 0 Å². The smallest absolute Gasteiger partial charge is 0.271 e. The summed E-state index contributed by atoms with van der Waals surface area (Å²) in [6.45, 7) is 4.46. The molecule has 1 aliphatic heterocycles. The summed E-state index contributed by atoms with van der Waals surface area (Å²) in [6, 6.07) is 12.8. The van der Waals surface area contributed by atoms with Gasteiger partial charge in [0.1, 0.15) is 18.5 Å². The lowest BCUT2D eigenvalue weighted by Crippen LogP contribution is -2.29. The molecule has 0 spiro atoms. The Kier molecular flexibility index (Phi) is 7.90. The second kappa shape index (κ2) is 10.6. The highest BCUT2D eigenvalue weighted by atomic mass is 35.5. The number of ether oxygens (including phenoxy) is 1. The molecule has 0 saturated carbocycles. The summed E-state index contributed by atoms with van der Waals surface area (Å²) in [5.74, 6) is 0.210. The Balaban J connectivity index is 1.88. The Hall–Kier alpha value is -2.61. The van der Waals surface area contributed by atoms with Crippen molar-refractivity contribution in [1.29, 1.82) is 0 Å². The number of nitrogens with zero attached hydrogens (tertiary/aromatic N) is 2. The molecular weight excluding hydrogens is 436 g/mol. The van der Waals surface area contributed by atoms with Crippen molar-refractivity contribution >= 4 is 52.5 Å². The maximum Gasteiger partial charge on any atom is 0.271 e. The van der Waals surface area contributed by atoms with Crippen molar-refractivity contribution < 1.29 is 19.4 Å². The fourth-order valence-electron chi connectivity index (χ4n) is 2.90. The second-order valence-electron chi connectivity index (χ2n) is 6.91. The van der Waals surface area contributed by atoms with Crippen LogP contribution in [0.1, 0.15) is 24.5 Å². The molecule has 0 aromatic heterocycles. The number of para-hydroxylation sites is 1. The Morgan fingerprint density at radius 3 is 2.74 bits per heavy atom. The van der Waals surface area contributed by atoms with Crippen molar-refractivity contribution in [3.05, 3.63) is 63.5 Å². The van der Waals surface area contributed by atoms with Gasteiger partial charge in [-0.15, -0.1) is 0 Å². The second-order valence-corrected chi connectivity index (χ2v) is 8.32. The van der Waals surface area contributed by atoms with Gasteiger partial charge >= 0.3 is 0 Å². The Morgan fingerprint density at radius 1 is 1.29 bits per heavy atom. The van der Waals surface area contributed by atoms with E-state index in [0.717, 1.165) is 23.2 Å². The van der Waals surface area contributed by atoms with Crippen LogP contribution in [-0.2, 0) is 9.59 Å². The molecule has 1 saturated heterocycles. The minimum Gasteiger partial charge on any atom is -0.489 e. The van der Waals surface area contributed by atoms with E-state index in [9.17, 15) is 14.7 Å². The number of carbonyl (C=O) groups excluding carboxylic acids is 2. The maximum absolute atomic E-state index is 13.2. The third kappa shape index (κ3) is 5.55. The number of anilines is 1. The average Bonchev–Trinajstić information content (AvgIpc) is 3.06. The molecular formula is C23H23ClN2O4S. The SMILES string of the molecule is CCCN=C1S/C(=C/c2ccc(OC[C@H](O)C=O)c(Cl)c2)C(=O)N1c1ccccc1C. The molecule has 1 atom stereocenters. The highest BCUT2D eigenvalue weighted by molar-refractivity contribution is 8.19. The van der Waals surface area contributed by atoms with Crippen LogP contribution in [-0.4, -0.2) is 41.7 Å². The van der Waals surface area contributed by atoms with Crippen LogP contribution in [0.5, 0.6) is 5.75 Å². The number of benzene rings is 2. The predicted octanol–water partition coefficient (Wildman–Crippen LogP) is 4.47. The van der Waals surface area contributed by atoms with Gasteiger partial charge in [-0.3, -0.25) is 14.7 Å². The summed E-state index contributed by atoms with van der Waals surface area (Å²) in [4.78, 5) is 30.6.